The molecule has 3 fully saturated rings. The van der Waals surface area contributed by atoms with Crippen LogP contribution in [-0.4, -0.2) is 90.7 Å². The maximum Gasteiger partial charge on any atom is 0.325 e. The van der Waals surface area contributed by atoms with Gasteiger partial charge in [-0.25, -0.2) is 9.69 Å². The van der Waals surface area contributed by atoms with Crippen LogP contribution in [0.15, 0.2) is 30.3 Å². The molecule has 170 valence electrons. The number of nitrogens with one attached hydrogen (secondary N) is 1. The van der Waals surface area contributed by atoms with Crippen molar-refractivity contribution in [3.05, 3.63) is 35.9 Å². The molecule has 1 N–H and O–H groups in total. The number of benzene rings is 1. The first kappa shape index (κ1) is 22.2. The Kier molecular flexibility index (Phi) is 6.90. The van der Waals surface area contributed by atoms with Crippen LogP contribution in [0.3, 0.4) is 0 Å². The van der Waals surface area contributed by atoms with Crippen molar-refractivity contribution in [3.63, 3.8) is 0 Å². The van der Waals surface area contributed by atoms with Crippen molar-refractivity contribution in [2.24, 2.45) is 0 Å². The first-order valence-corrected chi connectivity index (χ1v) is 12.5. The minimum absolute atomic E-state index is 0.188. The zero-order chi connectivity index (χ0) is 21.8. The van der Waals surface area contributed by atoms with Gasteiger partial charge in [-0.15, -0.1) is 0 Å². The summed E-state index contributed by atoms with van der Waals surface area (Å²) in [5.74, 6) is -0.228. The Hall–Kier alpha value is -2.01. The second-order valence-electron chi connectivity index (χ2n) is 8.44. The normalized spacial score (nSPS) is 24.9. The lowest BCUT2D eigenvalue weighted by Crippen LogP contribution is -2.55. The number of carbonyl (C=O) groups excluding carboxylic acids is 2. The molecule has 3 heterocycles. The predicted octanol–water partition coefficient (Wildman–Crippen LogP) is 0.845. The SMILES string of the molecule is O=C1NC(Cc2ccccc2)C(=O)N1CN1CCN(S(=O)(=O)N2CCCCCC2)CC1. The number of piperazine rings is 1. The van der Waals surface area contributed by atoms with E-state index in [9.17, 15) is 18.0 Å². The molecule has 0 aliphatic carbocycles. The van der Waals surface area contributed by atoms with Crippen molar-refractivity contribution >= 4 is 22.1 Å². The zero-order valence-electron chi connectivity index (χ0n) is 17.8. The summed E-state index contributed by atoms with van der Waals surface area (Å²) in [6, 6.07) is 8.67. The van der Waals surface area contributed by atoms with Crippen LogP contribution < -0.4 is 5.32 Å². The fourth-order valence-electron chi connectivity index (χ4n) is 4.44. The lowest BCUT2D eigenvalue weighted by molar-refractivity contribution is -0.129. The molecule has 3 amide bonds. The van der Waals surface area contributed by atoms with Crippen LogP contribution in [0.4, 0.5) is 4.79 Å². The maximum atomic E-state index is 13.0. The van der Waals surface area contributed by atoms with Crippen molar-refractivity contribution in [3.8, 4) is 0 Å². The van der Waals surface area contributed by atoms with Crippen LogP contribution in [0.25, 0.3) is 0 Å². The molecule has 1 aromatic carbocycles. The summed E-state index contributed by atoms with van der Waals surface area (Å²) in [5, 5.41) is 2.77. The van der Waals surface area contributed by atoms with E-state index in [1.807, 2.05) is 35.2 Å². The highest BCUT2D eigenvalue weighted by atomic mass is 32.2. The van der Waals surface area contributed by atoms with Gasteiger partial charge in [0.25, 0.3) is 16.1 Å². The van der Waals surface area contributed by atoms with Gasteiger partial charge in [-0.3, -0.25) is 9.69 Å². The highest BCUT2D eigenvalue weighted by molar-refractivity contribution is 7.86. The third kappa shape index (κ3) is 5.08. The van der Waals surface area contributed by atoms with Gasteiger partial charge in [0.15, 0.2) is 0 Å². The lowest BCUT2D eigenvalue weighted by Gasteiger charge is -2.37. The van der Waals surface area contributed by atoms with Crippen LogP contribution in [0.5, 0.6) is 0 Å². The van der Waals surface area contributed by atoms with Crippen LogP contribution >= 0.6 is 0 Å². The third-order valence-electron chi connectivity index (χ3n) is 6.28. The number of hydrogen-bond acceptors (Lipinski definition) is 5. The average molecular weight is 450 g/mol. The Labute approximate surface area is 184 Å². The first-order chi connectivity index (χ1) is 14.9. The van der Waals surface area contributed by atoms with Crippen molar-refractivity contribution in [1.29, 1.82) is 0 Å². The second-order valence-corrected chi connectivity index (χ2v) is 10.4. The Bertz CT molecular complexity index is 878. The Morgan fingerprint density at radius 1 is 0.839 bits per heavy atom. The molecule has 31 heavy (non-hydrogen) atoms. The topological polar surface area (TPSA) is 93.3 Å². The van der Waals surface area contributed by atoms with Crippen LogP contribution in [0.1, 0.15) is 31.2 Å². The number of urea groups is 1. The van der Waals surface area contributed by atoms with Crippen molar-refractivity contribution < 1.29 is 18.0 Å². The third-order valence-corrected chi connectivity index (χ3v) is 8.32. The first-order valence-electron chi connectivity index (χ1n) is 11.1. The van der Waals surface area contributed by atoms with Gasteiger partial charge in [0, 0.05) is 45.7 Å². The molecular formula is C21H31N5O4S. The summed E-state index contributed by atoms with van der Waals surface area (Å²) in [6.07, 6.45) is 4.45. The standard InChI is InChI=1S/C21H31N5O4S/c27-20-19(16-18-8-4-3-5-9-18)22-21(28)26(20)17-23-12-14-25(15-13-23)31(29,30)24-10-6-1-2-7-11-24/h3-5,8-9,19H,1-2,6-7,10-17H2,(H,22,28). The van der Waals surface area contributed by atoms with E-state index < -0.39 is 16.3 Å². The maximum absolute atomic E-state index is 13.0. The largest absolute Gasteiger partial charge is 0.325 e. The van der Waals surface area contributed by atoms with E-state index in [1.54, 1.807) is 8.61 Å². The van der Waals surface area contributed by atoms with Crippen molar-refractivity contribution in [2.75, 3.05) is 45.9 Å². The number of amides is 3. The minimum Gasteiger partial charge on any atom is -0.325 e. The van der Waals surface area contributed by atoms with E-state index in [2.05, 4.69) is 5.32 Å². The molecule has 0 aromatic heterocycles. The molecule has 3 aliphatic heterocycles. The number of carbonyl (C=O) groups is 2. The molecule has 3 saturated heterocycles. The Morgan fingerprint density at radius 2 is 1.45 bits per heavy atom. The summed E-state index contributed by atoms with van der Waals surface area (Å²) in [6.45, 7) is 3.10. The molecule has 3 aliphatic rings. The van der Waals surface area contributed by atoms with Gasteiger partial charge in [0.05, 0.1) is 6.67 Å². The van der Waals surface area contributed by atoms with Crippen molar-refractivity contribution in [1.82, 2.24) is 23.7 Å². The molecule has 1 aromatic rings. The minimum atomic E-state index is -3.44. The van der Waals surface area contributed by atoms with Crippen LogP contribution in [0, 0.1) is 0 Å². The van der Waals surface area contributed by atoms with Crippen molar-refractivity contribution in [2.45, 2.75) is 38.1 Å². The van der Waals surface area contributed by atoms with Gasteiger partial charge in [-0.1, -0.05) is 43.2 Å². The molecule has 1 unspecified atom stereocenters. The molecule has 1 atom stereocenters. The van der Waals surface area contributed by atoms with Gasteiger partial charge >= 0.3 is 6.03 Å². The number of hydrogen-bond donors (Lipinski definition) is 1. The molecule has 0 bridgehead atoms. The molecule has 0 radical (unpaired) electrons. The Balaban J connectivity index is 1.30. The molecule has 0 spiro atoms. The van der Waals surface area contributed by atoms with Gasteiger partial charge in [0.2, 0.25) is 0 Å². The highest BCUT2D eigenvalue weighted by Gasteiger charge is 2.40. The summed E-state index contributed by atoms with van der Waals surface area (Å²) in [4.78, 5) is 28.3. The number of nitrogens with zero attached hydrogens (tertiary/aromatic N) is 4. The molecular weight excluding hydrogens is 418 g/mol. The zero-order valence-corrected chi connectivity index (χ0v) is 18.6. The van der Waals surface area contributed by atoms with Gasteiger partial charge in [-0.2, -0.15) is 17.0 Å². The number of imide groups is 1. The van der Waals surface area contributed by atoms with Gasteiger partial charge in [0.1, 0.15) is 6.04 Å². The monoisotopic (exact) mass is 449 g/mol. The van der Waals surface area contributed by atoms with Gasteiger partial charge in [-0.05, 0) is 18.4 Å². The predicted molar refractivity (Wildman–Crippen MR) is 116 cm³/mol. The lowest BCUT2D eigenvalue weighted by atomic mass is 10.1. The summed E-state index contributed by atoms with van der Waals surface area (Å²) < 4.78 is 29.1. The molecule has 9 nitrogen and oxygen atoms in total. The fraction of sp³-hybridized carbons (Fsp3) is 0.619. The van der Waals surface area contributed by atoms with E-state index in [0.29, 0.717) is 45.7 Å². The van der Waals surface area contributed by atoms with E-state index in [-0.39, 0.29) is 18.6 Å². The smallest absolute Gasteiger partial charge is 0.325 e. The highest BCUT2D eigenvalue weighted by Crippen LogP contribution is 2.19. The fourth-order valence-corrected chi connectivity index (χ4v) is 6.11. The summed E-state index contributed by atoms with van der Waals surface area (Å²) in [7, 11) is -3.44. The molecule has 0 saturated carbocycles. The summed E-state index contributed by atoms with van der Waals surface area (Å²) in [5.41, 5.74) is 0.996. The van der Waals surface area contributed by atoms with E-state index in [0.717, 1.165) is 31.2 Å². The van der Waals surface area contributed by atoms with E-state index in [1.165, 1.54) is 4.90 Å². The molecule has 4 rings (SSSR count). The summed E-state index contributed by atoms with van der Waals surface area (Å²) >= 11 is 0. The van der Waals surface area contributed by atoms with Gasteiger partial charge < -0.3 is 5.32 Å². The van der Waals surface area contributed by atoms with Crippen LogP contribution in [-0.2, 0) is 21.4 Å². The molecule has 10 heteroatoms. The van der Waals surface area contributed by atoms with E-state index in [4.69, 9.17) is 0 Å². The second kappa shape index (κ2) is 9.64. The van der Waals surface area contributed by atoms with E-state index >= 15 is 0 Å². The Morgan fingerprint density at radius 3 is 2.10 bits per heavy atom. The number of rotatable bonds is 6. The quantitative estimate of drug-likeness (QED) is 0.650. The average Bonchev–Trinajstić information content (AvgIpc) is 2.98. The van der Waals surface area contributed by atoms with Crippen LogP contribution in [0.2, 0.25) is 0 Å².